The third kappa shape index (κ3) is 3.35. The largest absolute Gasteiger partial charge is 0.364 e. The molecule has 0 bridgehead atoms. The number of hydrogen-bond donors (Lipinski definition) is 1. The summed E-state index contributed by atoms with van der Waals surface area (Å²) in [6, 6.07) is 26.1. The Labute approximate surface area is 134 Å². The predicted molar refractivity (Wildman–Crippen MR) is 94.2 cm³/mol. The standard InChI is InChI=1S/C10H8N2O.C10H8/c11-10(13)9-8-4-2-1-3-7(8)5-6-12-9;1-2-6-10-8-4-3-7-9(10)5-1/h1-6H,(H2,11,13);1-8H. The second kappa shape index (κ2) is 6.71. The van der Waals surface area contributed by atoms with Gasteiger partial charge >= 0.3 is 0 Å². The molecule has 4 rings (SSSR count). The van der Waals surface area contributed by atoms with Gasteiger partial charge in [-0.3, -0.25) is 9.78 Å². The summed E-state index contributed by atoms with van der Waals surface area (Å²) in [5.41, 5.74) is 5.51. The zero-order valence-corrected chi connectivity index (χ0v) is 12.5. The van der Waals surface area contributed by atoms with Crippen molar-refractivity contribution >= 4 is 27.5 Å². The van der Waals surface area contributed by atoms with Crippen LogP contribution in [0.25, 0.3) is 21.5 Å². The smallest absolute Gasteiger partial charge is 0.267 e. The van der Waals surface area contributed by atoms with Crippen LogP contribution in [0.3, 0.4) is 0 Å². The first-order chi connectivity index (χ1) is 11.3. The summed E-state index contributed by atoms with van der Waals surface area (Å²) in [7, 11) is 0. The average Bonchev–Trinajstić information content (AvgIpc) is 2.62. The van der Waals surface area contributed by atoms with E-state index in [0.29, 0.717) is 5.69 Å². The van der Waals surface area contributed by atoms with Gasteiger partial charge in [-0.05, 0) is 22.2 Å². The van der Waals surface area contributed by atoms with Crippen molar-refractivity contribution in [3.8, 4) is 0 Å². The van der Waals surface area contributed by atoms with Crippen molar-refractivity contribution in [2.24, 2.45) is 5.73 Å². The highest BCUT2D eigenvalue weighted by atomic mass is 16.1. The van der Waals surface area contributed by atoms with Gasteiger partial charge in [0.1, 0.15) is 5.69 Å². The van der Waals surface area contributed by atoms with Gasteiger partial charge in [0.15, 0.2) is 0 Å². The molecule has 0 saturated heterocycles. The third-order valence-electron chi connectivity index (χ3n) is 3.57. The number of nitrogens with two attached hydrogens (primary N) is 1. The molecular weight excluding hydrogens is 284 g/mol. The highest BCUT2D eigenvalue weighted by Gasteiger charge is 2.05. The van der Waals surface area contributed by atoms with Crippen molar-refractivity contribution in [3.63, 3.8) is 0 Å². The van der Waals surface area contributed by atoms with Crippen LogP contribution in [0, 0.1) is 0 Å². The zero-order valence-electron chi connectivity index (χ0n) is 12.5. The number of nitrogens with zero attached hydrogens (tertiary/aromatic N) is 1. The van der Waals surface area contributed by atoms with Crippen molar-refractivity contribution in [2.45, 2.75) is 0 Å². The van der Waals surface area contributed by atoms with Crippen LogP contribution in [0.5, 0.6) is 0 Å². The van der Waals surface area contributed by atoms with Crippen molar-refractivity contribution in [1.82, 2.24) is 4.98 Å². The van der Waals surface area contributed by atoms with E-state index in [2.05, 4.69) is 53.5 Å². The first-order valence-electron chi connectivity index (χ1n) is 7.33. The molecule has 0 unspecified atom stereocenters. The Kier molecular flexibility index (Phi) is 4.29. The molecule has 0 aliphatic heterocycles. The third-order valence-corrected chi connectivity index (χ3v) is 3.57. The molecule has 0 saturated carbocycles. The number of fused-ring (bicyclic) bond motifs is 2. The lowest BCUT2D eigenvalue weighted by atomic mass is 10.1. The van der Waals surface area contributed by atoms with E-state index in [1.807, 2.05) is 30.3 Å². The van der Waals surface area contributed by atoms with E-state index in [0.717, 1.165) is 10.8 Å². The predicted octanol–water partition coefficient (Wildman–Crippen LogP) is 4.17. The molecule has 23 heavy (non-hydrogen) atoms. The maximum atomic E-state index is 11.0. The van der Waals surface area contributed by atoms with E-state index in [9.17, 15) is 4.79 Å². The summed E-state index contributed by atoms with van der Waals surface area (Å²) in [5, 5.41) is 4.40. The second-order valence-electron chi connectivity index (χ2n) is 5.09. The summed E-state index contributed by atoms with van der Waals surface area (Å²) in [5.74, 6) is -0.489. The summed E-state index contributed by atoms with van der Waals surface area (Å²) in [6.07, 6.45) is 1.59. The van der Waals surface area contributed by atoms with Gasteiger partial charge in [0.05, 0.1) is 0 Å². The Morgan fingerprint density at radius 1 is 0.696 bits per heavy atom. The van der Waals surface area contributed by atoms with Crippen LogP contribution in [0.2, 0.25) is 0 Å². The van der Waals surface area contributed by atoms with E-state index in [4.69, 9.17) is 5.73 Å². The normalized spacial score (nSPS) is 10.1. The molecule has 1 amide bonds. The minimum absolute atomic E-state index is 0.332. The van der Waals surface area contributed by atoms with Gasteiger partial charge in [-0.1, -0.05) is 72.8 Å². The molecule has 1 aromatic heterocycles. The summed E-state index contributed by atoms with van der Waals surface area (Å²) >= 11 is 0. The molecule has 2 N–H and O–H groups in total. The number of primary amides is 1. The zero-order chi connectivity index (χ0) is 16.1. The molecule has 0 fully saturated rings. The Balaban J connectivity index is 0.000000140. The lowest BCUT2D eigenvalue weighted by Crippen LogP contribution is -2.13. The summed E-state index contributed by atoms with van der Waals surface area (Å²) < 4.78 is 0. The van der Waals surface area contributed by atoms with Gasteiger partial charge in [-0.2, -0.15) is 0 Å². The van der Waals surface area contributed by atoms with Crippen LogP contribution in [0.4, 0.5) is 0 Å². The first kappa shape index (κ1) is 14.7. The van der Waals surface area contributed by atoms with E-state index >= 15 is 0 Å². The van der Waals surface area contributed by atoms with Crippen molar-refractivity contribution in [1.29, 1.82) is 0 Å². The molecule has 0 spiro atoms. The topological polar surface area (TPSA) is 56.0 Å². The minimum Gasteiger partial charge on any atom is -0.364 e. The van der Waals surface area contributed by atoms with Crippen LogP contribution in [0.1, 0.15) is 10.5 Å². The van der Waals surface area contributed by atoms with Crippen LogP contribution in [-0.4, -0.2) is 10.9 Å². The van der Waals surface area contributed by atoms with Gasteiger partial charge in [0.2, 0.25) is 0 Å². The Morgan fingerprint density at radius 2 is 1.17 bits per heavy atom. The molecule has 3 heteroatoms. The quantitative estimate of drug-likeness (QED) is 0.573. The van der Waals surface area contributed by atoms with Gasteiger partial charge < -0.3 is 5.73 Å². The fraction of sp³-hybridized carbons (Fsp3) is 0. The van der Waals surface area contributed by atoms with Crippen LogP contribution in [0.15, 0.2) is 85.1 Å². The Bertz CT molecular complexity index is 893. The molecular formula is C20H16N2O. The number of hydrogen-bond acceptors (Lipinski definition) is 2. The van der Waals surface area contributed by atoms with Crippen LogP contribution >= 0.6 is 0 Å². The monoisotopic (exact) mass is 300 g/mol. The number of carbonyl (C=O) groups excluding carboxylic acids is 1. The molecule has 1 heterocycles. The molecule has 3 aromatic carbocycles. The highest BCUT2D eigenvalue weighted by Crippen LogP contribution is 2.15. The molecule has 3 nitrogen and oxygen atoms in total. The molecule has 0 aliphatic carbocycles. The lowest BCUT2D eigenvalue weighted by Gasteiger charge is -2.00. The lowest BCUT2D eigenvalue weighted by molar-refractivity contribution is 0.0997. The summed E-state index contributed by atoms with van der Waals surface area (Å²) in [4.78, 5) is 14.9. The summed E-state index contributed by atoms with van der Waals surface area (Å²) in [6.45, 7) is 0. The maximum Gasteiger partial charge on any atom is 0.267 e. The van der Waals surface area contributed by atoms with Crippen molar-refractivity contribution in [3.05, 3.63) is 90.8 Å². The molecule has 0 radical (unpaired) electrons. The maximum absolute atomic E-state index is 11.0. The SMILES string of the molecule is NC(=O)c1nccc2ccccc12.c1ccc2ccccc2c1. The number of rotatable bonds is 1. The van der Waals surface area contributed by atoms with Gasteiger partial charge in [-0.25, -0.2) is 0 Å². The highest BCUT2D eigenvalue weighted by molar-refractivity contribution is 6.04. The minimum atomic E-state index is -0.489. The van der Waals surface area contributed by atoms with Gasteiger partial charge in [-0.15, -0.1) is 0 Å². The number of pyridine rings is 1. The fourth-order valence-electron chi connectivity index (χ4n) is 2.45. The first-order valence-corrected chi connectivity index (χ1v) is 7.33. The Hall–Kier alpha value is -3.20. The van der Waals surface area contributed by atoms with Crippen molar-refractivity contribution in [2.75, 3.05) is 0 Å². The Morgan fingerprint density at radius 3 is 1.70 bits per heavy atom. The second-order valence-corrected chi connectivity index (χ2v) is 5.09. The number of benzene rings is 3. The fourth-order valence-corrected chi connectivity index (χ4v) is 2.45. The number of aromatic nitrogens is 1. The van der Waals surface area contributed by atoms with E-state index in [-0.39, 0.29) is 0 Å². The molecule has 0 atom stereocenters. The van der Waals surface area contributed by atoms with Gasteiger partial charge in [0, 0.05) is 11.6 Å². The van der Waals surface area contributed by atoms with Crippen LogP contribution in [-0.2, 0) is 0 Å². The molecule has 4 aromatic rings. The van der Waals surface area contributed by atoms with Crippen LogP contribution < -0.4 is 5.73 Å². The molecule has 112 valence electrons. The molecule has 0 aliphatic rings. The van der Waals surface area contributed by atoms with Crippen molar-refractivity contribution < 1.29 is 4.79 Å². The van der Waals surface area contributed by atoms with E-state index < -0.39 is 5.91 Å². The van der Waals surface area contributed by atoms with Gasteiger partial charge in [0.25, 0.3) is 5.91 Å². The van der Waals surface area contributed by atoms with E-state index in [1.54, 1.807) is 6.20 Å². The van der Waals surface area contributed by atoms with E-state index in [1.165, 1.54) is 10.8 Å². The average molecular weight is 300 g/mol. The number of carbonyl (C=O) groups is 1. The number of amides is 1.